The maximum absolute atomic E-state index is 5.84. The minimum atomic E-state index is 0.551. The maximum Gasteiger partial charge on any atom is 0.298 e. The fourth-order valence-electron chi connectivity index (χ4n) is 4.94. The van der Waals surface area contributed by atoms with Gasteiger partial charge in [-0.3, -0.25) is 4.57 Å². The summed E-state index contributed by atoms with van der Waals surface area (Å²) < 4.78 is 7.89. The van der Waals surface area contributed by atoms with Gasteiger partial charge in [-0.15, -0.1) is 5.10 Å². The summed E-state index contributed by atoms with van der Waals surface area (Å²) in [5, 5.41) is 14.7. The Morgan fingerprint density at radius 1 is 1.03 bits per heavy atom. The Morgan fingerprint density at radius 2 is 1.89 bits per heavy atom. The normalized spacial score (nSPS) is 14.3. The average molecular weight is 464 g/mol. The lowest BCUT2D eigenvalue weighted by molar-refractivity contribution is 0.301. The van der Waals surface area contributed by atoms with E-state index in [1.165, 1.54) is 33.4 Å². The first-order chi connectivity index (χ1) is 17.2. The topological polar surface area (TPSA) is 94.4 Å². The molecule has 1 N–H and O–H groups in total. The lowest BCUT2D eigenvalue weighted by atomic mass is 9.89. The van der Waals surface area contributed by atoms with Gasteiger partial charge >= 0.3 is 0 Å². The number of benzene rings is 2. The second-order valence-corrected chi connectivity index (χ2v) is 8.66. The van der Waals surface area contributed by atoms with E-state index in [4.69, 9.17) is 4.74 Å². The van der Waals surface area contributed by atoms with Crippen LogP contribution in [-0.2, 0) is 19.4 Å². The van der Waals surface area contributed by atoms with Crippen molar-refractivity contribution in [2.24, 2.45) is 0 Å². The van der Waals surface area contributed by atoms with Gasteiger partial charge in [-0.2, -0.15) is 4.98 Å². The third-order valence-corrected chi connectivity index (χ3v) is 6.55. The summed E-state index contributed by atoms with van der Waals surface area (Å²) in [4.78, 5) is 9.20. The van der Waals surface area contributed by atoms with E-state index < -0.39 is 0 Å². The van der Waals surface area contributed by atoms with Crippen molar-refractivity contribution in [2.75, 3.05) is 6.61 Å². The van der Waals surface area contributed by atoms with Crippen molar-refractivity contribution in [3.8, 4) is 6.01 Å². The van der Waals surface area contributed by atoms with Crippen molar-refractivity contribution in [2.45, 2.75) is 33.2 Å². The molecular weight excluding hydrogens is 438 g/mol. The Hall–Kier alpha value is -4.33. The van der Waals surface area contributed by atoms with Crippen LogP contribution in [0.25, 0.3) is 22.3 Å². The third kappa shape index (κ3) is 3.77. The first kappa shape index (κ1) is 21.2. The van der Waals surface area contributed by atoms with Gasteiger partial charge in [-0.1, -0.05) is 42.5 Å². The smallest absolute Gasteiger partial charge is 0.298 e. The van der Waals surface area contributed by atoms with Crippen LogP contribution in [0.4, 0.5) is 0 Å². The molecule has 3 heterocycles. The van der Waals surface area contributed by atoms with Gasteiger partial charge in [0.15, 0.2) is 11.5 Å². The Bertz CT molecular complexity index is 1550. The number of fused-ring (bicyclic) bond motifs is 3. The van der Waals surface area contributed by atoms with E-state index in [9.17, 15) is 0 Å². The summed E-state index contributed by atoms with van der Waals surface area (Å²) >= 11 is 0. The molecule has 0 unspecified atom stereocenters. The zero-order valence-corrected chi connectivity index (χ0v) is 19.7. The van der Waals surface area contributed by atoms with Crippen molar-refractivity contribution >= 4 is 22.3 Å². The number of rotatable bonds is 5. The molecule has 8 nitrogen and oxygen atoms in total. The van der Waals surface area contributed by atoms with Crippen molar-refractivity contribution in [1.82, 2.24) is 35.2 Å². The van der Waals surface area contributed by atoms with Crippen molar-refractivity contribution in [1.29, 1.82) is 0 Å². The Kier molecular flexibility index (Phi) is 5.33. The molecule has 0 amide bonds. The van der Waals surface area contributed by atoms with Crippen LogP contribution < -0.4 is 4.74 Å². The number of ether oxygens (including phenoxy) is 1. The van der Waals surface area contributed by atoms with Crippen molar-refractivity contribution in [3.05, 3.63) is 94.4 Å². The summed E-state index contributed by atoms with van der Waals surface area (Å²) in [5.41, 5.74) is 10.1. The largest absolute Gasteiger partial charge is 0.465 e. The number of pyridine rings is 1. The van der Waals surface area contributed by atoms with Crippen LogP contribution >= 0.6 is 0 Å². The molecule has 8 heteroatoms. The van der Waals surface area contributed by atoms with Crippen LogP contribution in [0.5, 0.6) is 6.01 Å². The van der Waals surface area contributed by atoms with Crippen LogP contribution in [-0.4, -0.2) is 41.8 Å². The number of H-pyrrole nitrogens is 1. The summed E-state index contributed by atoms with van der Waals surface area (Å²) in [6.07, 6.45) is 3.72. The van der Waals surface area contributed by atoms with Gasteiger partial charge in [0, 0.05) is 11.8 Å². The molecule has 0 aliphatic heterocycles. The minimum Gasteiger partial charge on any atom is -0.465 e. The first-order valence-corrected chi connectivity index (χ1v) is 11.8. The van der Waals surface area contributed by atoms with Crippen LogP contribution in [0.1, 0.15) is 47.5 Å². The van der Waals surface area contributed by atoms with Gasteiger partial charge in [-0.25, -0.2) is 10.1 Å². The molecule has 2 aromatic carbocycles. The molecule has 0 saturated carbocycles. The monoisotopic (exact) mass is 463 g/mol. The molecule has 5 aromatic rings. The van der Waals surface area contributed by atoms with Gasteiger partial charge < -0.3 is 4.74 Å². The second-order valence-electron chi connectivity index (χ2n) is 8.66. The molecule has 0 fully saturated rings. The van der Waals surface area contributed by atoms with Gasteiger partial charge in [0.2, 0.25) is 0 Å². The molecule has 3 aromatic heterocycles. The highest BCUT2D eigenvalue weighted by molar-refractivity contribution is 5.98. The maximum atomic E-state index is 5.84. The predicted octanol–water partition coefficient (Wildman–Crippen LogP) is 4.47. The van der Waals surface area contributed by atoms with Crippen LogP contribution in [0.2, 0.25) is 0 Å². The Morgan fingerprint density at radius 3 is 2.74 bits per heavy atom. The zero-order chi connectivity index (χ0) is 23.8. The number of aromatic nitrogens is 7. The third-order valence-electron chi connectivity index (χ3n) is 6.55. The van der Waals surface area contributed by atoms with Crippen LogP contribution in [0.15, 0.2) is 60.8 Å². The number of tetrazole rings is 1. The molecule has 35 heavy (non-hydrogen) atoms. The predicted molar refractivity (Wildman–Crippen MR) is 134 cm³/mol. The van der Waals surface area contributed by atoms with Gasteiger partial charge in [0.25, 0.3) is 6.01 Å². The first-order valence-electron chi connectivity index (χ1n) is 11.8. The zero-order valence-electron chi connectivity index (χ0n) is 19.7. The number of hydrogen-bond acceptors (Lipinski definition) is 6. The van der Waals surface area contributed by atoms with E-state index in [0.717, 1.165) is 29.6 Å². The molecule has 0 spiro atoms. The molecule has 0 saturated heterocycles. The minimum absolute atomic E-state index is 0.551. The fraction of sp³-hybridized carbons (Fsp3) is 0.222. The van der Waals surface area contributed by atoms with Gasteiger partial charge in [-0.05, 0) is 82.6 Å². The standard InChI is InChI=1S/C27H25N7O/c1-3-35-27-29-23-9-6-14-28-26(23)34(27)16-18-10-13-22-20(15-18)12-11-19-7-4-5-8-21(19)24(22)17(2)25-30-32-33-31-25/h4-10,13-15H,3,11-12,16H2,1-2H3,(H,30,31,32,33)/b24-17+. The van der Waals surface area contributed by atoms with E-state index in [2.05, 4.69) is 80.0 Å². The lowest BCUT2D eigenvalue weighted by Gasteiger charge is -2.16. The van der Waals surface area contributed by atoms with E-state index in [1.807, 2.05) is 23.6 Å². The summed E-state index contributed by atoms with van der Waals surface area (Å²) in [6.45, 7) is 5.23. The van der Waals surface area contributed by atoms with Crippen molar-refractivity contribution < 1.29 is 4.74 Å². The fourth-order valence-corrected chi connectivity index (χ4v) is 4.94. The molecular formula is C27H25N7O. The van der Waals surface area contributed by atoms with Crippen LogP contribution in [0.3, 0.4) is 0 Å². The molecule has 0 atom stereocenters. The number of aryl methyl sites for hydroxylation is 2. The van der Waals surface area contributed by atoms with E-state index in [-0.39, 0.29) is 0 Å². The molecule has 174 valence electrons. The number of nitrogens with zero attached hydrogens (tertiary/aromatic N) is 6. The second kappa shape index (κ2) is 8.79. The number of nitrogens with one attached hydrogen (secondary N) is 1. The molecule has 0 bridgehead atoms. The summed E-state index contributed by atoms with van der Waals surface area (Å²) in [6, 6.07) is 19.8. The number of hydrogen-bond donors (Lipinski definition) is 1. The molecule has 0 radical (unpaired) electrons. The highest BCUT2D eigenvalue weighted by Crippen LogP contribution is 2.38. The van der Waals surface area contributed by atoms with E-state index in [1.54, 1.807) is 6.20 Å². The Labute approximate surface area is 202 Å². The lowest BCUT2D eigenvalue weighted by Crippen LogP contribution is -2.06. The average Bonchev–Trinajstić information content (AvgIpc) is 3.50. The highest BCUT2D eigenvalue weighted by atomic mass is 16.5. The number of aromatic amines is 1. The summed E-state index contributed by atoms with van der Waals surface area (Å²) in [5.74, 6) is 0.684. The van der Waals surface area contributed by atoms with Gasteiger partial charge in [0.1, 0.15) is 5.52 Å². The number of imidazole rings is 1. The Balaban J connectivity index is 1.47. The van der Waals surface area contributed by atoms with Crippen molar-refractivity contribution in [3.63, 3.8) is 0 Å². The van der Waals surface area contributed by atoms with E-state index >= 15 is 0 Å². The molecule has 1 aliphatic carbocycles. The SMILES string of the molecule is CCOc1nc2cccnc2n1Cc1ccc2c(c1)CCc1ccccc1/C2=C(/C)c1nnn[nH]1. The number of allylic oxidation sites excluding steroid dienone is 1. The molecule has 6 rings (SSSR count). The van der Waals surface area contributed by atoms with Crippen LogP contribution in [0, 0.1) is 0 Å². The summed E-state index contributed by atoms with van der Waals surface area (Å²) in [7, 11) is 0. The molecule has 1 aliphatic rings. The highest BCUT2D eigenvalue weighted by Gasteiger charge is 2.22. The van der Waals surface area contributed by atoms with E-state index in [0.29, 0.717) is 25.0 Å². The quantitative estimate of drug-likeness (QED) is 0.413. The van der Waals surface area contributed by atoms with Gasteiger partial charge in [0.05, 0.1) is 13.2 Å².